The van der Waals surface area contributed by atoms with E-state index in [1.54, 1.807) is 50.2 Å². The van der Waals surface area contributed by atoms with Crippen LogP contribution in [-0.4, -0.2) is 50.1 Å². The summed E-state index contributed by atoms with van der Waals surface area (Å²) in [4.78, 5) is 23.4. The van der Waals surface area contributed by atoms with Gasteiger partial charge in [0.15, 0.2) is 0 Å². The summed E-state index contributed by atoms with van der Waals surface area (Å²) >= 11 is 3.32. The number of ether oxygens (including phenoxy) is 2. The average Bonchev–Trinajstić information content (AvgIpc) is 2.95. The topological polar surface area (TPSA) is 88.7 Å². The third-order valence-corrected chi connectivity index (χ3v) is 5.61. The zero-order chi connectivity index (χ0) is 29.4. The van der Waals surface area contributed by atoms with Gasteiger partial charge in [-0.1, -0.05) is 46.3 Å². The van der Waals surface area contributed by atoms with Crippen LogP contribution in [0.4, 0.5) is 30.2 Å². The third-order valence-electron chi connectivity index (χ3n) is 5.21. The number of para-hydroxylation sites is 2. The number of halogens is 4. The second-order valence-corrected chi connectivity index (χ2v) is 8.87. The molecule has 0 unspecified atom stereocenters. The number of benzene rings is 3. The number of carbonyl (C=O) groups is 2. The minimum atomic E-state index is -4.37. The minimum absolute atomic E-state index is 0.282. The Labute approximate surface area is 240 Å². The predicted molar refractivity (Wildman–Crippen MR) is 156 cm³/mol. The average molecular weight is 624 g/mol. The number of nitrogens with one attached hydrogen (secondary N) is 3. The van der Waals surface area contributed by atoms with E-state index in [9.17, 15) is 22.8 Å². The number of alkyl halides is 4. The summed E-state index contributed by atoms with van der Waals surface area (Å²) in [5.74, 6) is -0.702. The molecule has 0 saturated carbocycles. The van der Waals surface area contributed by atoms with Gasteiger partial charge in [-0.25, -0.2) is 9.59 Å². The third kappa shape index (κ3) is 10.8. The first-order chi connectivity index (χ1) is 19.2. The van der Waals surface area contributed by atoms with Crippen LogP contribution in [0, 0.1) is 0 Å². The molecule has 3 aromatic rings. The van der Waals surface area contributed by atoms with Crippen LogP contribution in [-0.2, 0) is 15.7 Å². The van der Waals surface area contributed by atoms with Gasteiger partial charge in [0.2, 0.25) is 0 Å². The molecule has 0 spiro atoms. The van der Waals surface area contributed by atoms with Crippen molar-refractivity contribution in [3.63, 3.8) is 0 Å². The molecule has 0 aliphatic heterocycles. The van der Waals surface area contributed by atoms with Gasteiger partial charge in [-0.05, 0) is 56.3 Å². The smallest absolute Gasteiger partial charge is 0.416 e. The molecule has 3 N–H and O–H groups in total. The largest absolute Gasteiger partial charge is 0.462 e. The predicted octanol–water partition coefficient (Wildman–Crippen LogP) is 7.08. The number of anilines is 3. The van der Waals surface area contributed by atoms with Crippen molar-refractivity contribution in [1.29, 1.82) is 0 Å². The van der Waals surface area contributed by atoms with Gasteiger partial charge in [0, 0.05) is 42.0 Å². The minimum Gasteiger partial charge on any atom is -0.462 e. The van der Waals surface area contributed by atoms with Crippen LogP contribution in [0.25, 0.3) is 0 Å². The number of rotatable bonds is 12. The number of carbonyl (C=O) groups excluding carboxylic acids is 2. The molecule has 0 amide bonds. The zero-order valence-corrected chi connectivity index (χ0v) is 23.9. The second kappa shape index (κ2) is 17.1. The van der Waals surface area contributed by atoms with Crippen molar-refractivity contribution in [3.05, 3.63) is 89.5 Å². The molecule has 0 aliphatic rings. The van der Waals surface area contributed by atoms with Crippen molar-refractivity contribution in [3.8, 4) is 0 Å². The molecule has 40 heavy (non-hydrogen) atoms. The summed E-state index contributed by atoms with van der Waals surface area (Å²) < 4.78 is 48.0. The highest BCUT2D eigenvalue weighted by molar-refractivity contribution is 9.09. The molecule has 7 nitrogen and oxygen atoms in total. The fourth-order valence-corrected chi connectivity index (χ4v) is 3.64. The van der Waals surface area contributed by atoms with Gasteiger partial charge in [0.1, 0.15) is 0 Å². The van der Waals surface area contributed by atoms with Gasteiger partial charge in [-0.3, -0.25) is 0 Å². The summed E-state index contributed by atoms with van der Waals surface area (Å²) in [6.45, 7) is 5.79. The molecular formula is C29H33BrF3N3O4. The molecule has 0 radical (unpaired) electrons. The Bertz CT molecular complexity index is 1220. The van der Waals surface area contributed by atoms with Crippen LogP contribution in [0.1, 0.15) is 40.1 Å². The molecular weight excluding hydrogens is 591 g/mol. The first-order valence-corrected chi connectivity index (χ1v) is 13.8. The first-order valence-electron chi connectivity index (χ1n) is 12.7. The molecule has 216 valence electrons. The van der Waals surface area contributed by atoms with Gasteiger partial charge >= 0.3 is 18.1 Å². The molecule has 3 rings (SSSR count). The fraction of sp³-hybridized carbons (Fsp3) is 0.310. The lowest BCUT2D eigenvalue weighted by Crippen LogP contribution is -2.16. The van der Waals surface area contributed by atoms with E-state index in [4.69, 9.17) is 9.47 Å². The molecule has 3 aromatic carbocycles. The summed E-state index contributed by atoms with van der Waals surface area (Å²) in [6, 6.07) is 19.3. The van der Waals surface area contributed by atoms with E-state index < -0.39 is 17.7 Å². The van der Waals surface area contributed by atoms with Gasteiger partial charge < -0.3 is 25.4 Å². The van der Waals surface area contributed by atoms with Crippen LogP contribution in [0.3, 0.4) is 0 Å². The Morgan fingerprint density at radius 2 is 1.23 bits per heavy atom. The van der Waals surface area contributed by atoms with Crippen LogP contribution >= 0.6 is 15.9 Å². The van der Waals surface area contributed by atoms with E-state index >= 15 is 0 Å². The Morgan fingerprint density at radius 3 is 1.73 bits per heavy atom. The highest BCUT2D eigenvalue weighted by Gasteiger charge is 2.30. The Kier molecular flexibility index (Phi) is 13.9. The molecule has 0 atom stereocenters. The summed E-state index contributed by atoms with van der Waals surface area (Å²) in [7, 11) is 0. The van der Waals surface area contributed by atoms with Gasteiger partial charge in [-0.15, -0.1) is 0 Å². The van der Waals surface area contributed by atoms with Crippen molar-refractivity contribution in [1.82, 2.24) is 0 Å². The van der Waals surface area contributed by atoms with Crippen LogP contribution in [0.15, 0.2) is 72.8 Å². The monoisotopic (exact) mass is 623 g/mol. The van der Waals surface area contributed by atoms with E-state index in [0.717, 1.165) is 29.7 Å². The van der Waals surface area contributed by atoms with E-state index in [-0.39, 0.29) is 12.6 Å². The summed E-state index contributed by atoms with van der Waals surface area (Å²) in [5.41, 5.74) is 2.12. The summed E-state index contributed by atoms with van der Waals surface area (Å²) in [6.07, 6.45) is -4.37. The molecule has 11 heteroatoms. The lowest BCUT2D eigenvalue weighted by atomic mass is 10.2. The lowest BCUT2D eigenvalue weighted by molar-refractivity contribution is -0.137. The molecule has 0 fully saturated rings. The van der Waals surface area contributed by atoms with Crippen molar-refractivity contribution in [2.24, 2.45) is 0 Å². The van der Waals surface area contributed by atoms with Crippen LogP contribution in [0.5, 0.6) is 0 Å². The van der Waals surface area contributed by atoms with E-state index in [0.29, 0.717) is 42.2 Å². The Morgan fingerprint density at radius 1 is 0.725 bits per heavy atom. The number of hydrogen-bond donors (Lipinski definition) is 3. The highest BCUT2D eigenvalue weighted by atomic mass is 79.9. The second-order valence-electron chi connectivity index (χ2n) is 8.08. The van der Waals surface area contributed by atoms with Crippen molar-refractivity contribution in [2.75, 3.05) is 54.1 Å². The van der Waals surface area contributed by atoms with E-state index in [1.807, 2.05) is 18.2 Å². The van der Waals surface area contributed by atoms with Crippen LogP contribution in [0.2, 0.25) is 0 Å². The van der Waals surface area contributed by atoms with Crippen molar-refractivity contribution in [2.45, 2.75) is 20.0 Å². The normalized spacial score (nSPS) is 10.6. The van der Waals surface area contributed by atoms with Gasteiger partial charge in [0.25, 0.3) is 0 Å². The lowest BCUT2D eigenvalue weighted by Gasteiger charge is -2.13. The molecule has 0 heterocycles. The maximum atomic E-state index is 12.7. The van der Waals surface area contributed by atoms with E-state index in [1.165, 1.54) is 6.07 Å². The van der Waals surface area contributed by atoms with Gasteiger partial charge in [0.05, 0.1) is 29.9 Å². The zero-order valence-electron chi connectivity index (χ0n) is 22.3. The maximum Gasteiger partial charge on any atom is 0.416 e. The SMILES string of the molecule is CCOC(=O)c1ccccc1NCCBr.CCOC(=O)c1ccccc1NCCNc1cccc(C(F)(F)F)c1. The molecule has 0 bridgehead atoms. The fourth-order valence-electron chi connectivity index (χ4n) is 3.44. The maximum absolute atomic E-state index is 12.7. The molecule has 0 saturated heterocycles. The number of hydrogen-bond acceptors (Lipinski definition) is 7. The standard InChI is InChI=1S/C18H19F3N2O2.C11H14BrNO2/c1-2-25-17(24)15-8-3-4-9-16(15)23-11-10-22-14-7-5-6-13(12-14)18(19,20)21;1-2-15-11(14)9-5-3-4-6-10(9)13-8-7-12/h3-9,12,22-23H,2,10-11H2,1H3;3-6,13H,2,7-8H2,1H3. The summed E-state index contributed by atoms with van der Waals surface area (Å²) in [5, 5.41) is 10.00. The van der Waals surface area contributed by atoms with E-state index in [2.05, 4.69) is 31.9 Å². The Hall–Kier alpha value is -3.73. The quantitative estimate of drug-likeness (QED) is 0.113. The highest BCUT2D eigenvalue weighted by Crippen LogP contribution is 2.30. The van der Waals surface area contributed by atoms with Crippen molar-refractivity contribution >= 4 is 44.9 Å². The van der Waals surface area contributed by atoms with Gasteiger partial charge in [-0.2, -0.15) is 13.2 Å². The molecule has 0 aromatic heterocycles. The Balaban J connectivity index is 0.000000319. The van der Waals surface area contributed by atoms with Crippen LogP contribution < -0.4 is 16.0 Å². The first kappa shape index (κ1) is 32.5. The number of esters is 2. The molecule has 0 aliphatic carbocycles. The van der Waals surface area contributed by atoms with Crippen molar-refractivity contribution < 1.29 is 32.2 Å².